The number of hydrogen-bond acceptors (Lipinski definition) is 5. The summed E-state index contributed by atoms with van der Waals surface area (Å²) in [6, 6.07) is 21.3. The van der Waals surface area contributed by atoms with Crippen LogP contribution in [0, 0.1) is 6.92 Å². The fourth-order valence-corrected chi connectivity index (χ4v) is 5.34. The first kappa shape index (κ1) is 28.7. The Hall–Kier alpha value is -3.85. The number of ether oxygens (including phenoxy) is 1. The number of amides is 2. The minimum Gasteiger partial charge on any atom is -0.497 e. The Bertz CT molecular complexity index is 1330. The topological polar surface area (TPSA) is 96.0 Å². The third-order valence-electron chi connectivity index (χ3n) is 6.14. The second-order valence-electron chi connectivity index (χ2n) is 9.00. The highest BCUT2D eigenvalue weighted by molar-refractivity contribution is 7.92. The molecule has 0 fully saturated rings. The summed E-state index contributed by atoms with van der Waals surface area (Å²) in [5.74, 6) is -0.200. The van der Waals surface area contributed by atoms with Gasteiger partial charge in [0, 0.05) is 13.1 Å². The van der Waals surface area contributed by atoms with E-state index in [-0.39, 0.29) is 17.3 Å². The van der Waals surface area contributed by atoms with Crippen LogP contribution in [0.4, 0.5) is 5.69 Å². The average Bonchev–Trinajstić information content (AvgIpc) is 2.93. The van der Waals surface area contributed by atoms with Gasteiger partial charge in [0.15, 0.2) is 0 Å². The van der Waals surface area contributed by atoms with E-state index in [1.807, 2.05) is 19.9 Å². The quantitative estimate of drug-likeness (QED) is 0.375. The van der Waals surface area contributed by atoms with Gasteiger partial charge >= 0.3 is 0 Å². The number of aryl methyl sites for hydroxylation is 1. The molecule has 3 aromatic carbocycles. The average molecular weight is 538 g/mol. The maximum absolute atomic E-state index is 13.9. The number of carbonyl (C=O) groups is 2. The molecular weight excluding hydrogens is 502 g/mol. The van der Waals surface area contributed by atoms with Crippen LogP contribution < -0.4 is 14.4 Å². The molecule has 1 atom stereocenters. The van der Waals surface area contributed by atoms with Gasteiger partial charge < -0.3 is 15.0 Å². The molecule has 0 heterocycles. The third-order valence-corrected chi connectivity index (χ3v) is 7.92. The zero-order valence-electron chi connectivity index (χ0n) is 22.3. The first-order chi connectivity index (χ1) is 18.2. The van der Waals surface area contributed by atoms with E-state index >= 15 is 0 Å². The summed E-state index contributed by atoms with van der Waals surface area (Å²) >= 11 is 0. The summed E-state index contributed by atoms with van der Waals surface area (Å²) in [4.78, 5) is 28.2. The molecule has 1 N–H and O–H groups in total. The second kappa shape index (κ2) is 13.1. The zero-order valence-corrected chi connectivity index (χ0v) is 23.1. The van der Waals surface area contributed by atoms with Gasteiger partial charge in [-0.05, 0) is 62.2 Å². The largest absolute Gasteiger partial charge is 0.497 e. The van der Waals surface area contributed by atoms with Crippen LogP contribution in [0.3, 0.4) is 0 Å². The molecule has 0 saturated heterocycles. The molecule has 0 bridgehead atoms. The van der Waals surface area contributed by atoms with E-state index < -0.39 is 28.5 Å². The van der Waals surface area contributed by atoms with E-state index in [0.29, 0.717) is 18.0 Å². The standard InChI is InChI=1S/C29H35N3O5S/c1-5-18-30-29(34)23(3)31(20-24-10-9-11-26(19-24)37-4)28(33)21-32(25-16-14-22(2)15-17-25)38(35,36)27-12-7-6-8-13-27/h6-17,19,23H,5,18,20-21H2,1-4H3,(H,30,34)/t23-/m0/s1. The minimum absolute atomic E-state index is 0.0708. The van der Waals surface area contributed by atoms with Crippen LogP contribution in [-0.2, 0) is 26.2 Å². The lowest BCUT2D eigenvalue weighted by Gasteiger charge is -2.32. The summed E-state index contributed by atoms with van der Waals surface area (Å²) in [6.07, 6.45) is 0.749. The second-order valence-corrected chi connectivity index (χ2v) is 10.9. The van der Waals surface area contributed by atoms with E-state index in [0.717, 1.165) is 21.9 Å². The van der Waals surface area contributed by atoms with E-state index in [1.54, 1.807) is 74.7 Å². The SMILES string of the molecule is CCCNC(=O)[C@H](C)N(Cc1cccc(OC)c1)C(=O)CN(c1ccc(C)cc1)S(=O)(=O)c1ccccc1. The lowest BCUT2D eigenvalue weighted by molar-refractivity contribution is -0.139. The van der Waals surface area contributed by atoms with Crippen molar-refractivity contribution in [2.45, 2.75) is 44.7 Å². The zero-order chi connectivity index (χ0) is 27.7. The molecule has 0 aliphatic rings. The number of methoxy groups -OCH3 is 1. The Morgan fingerprint density at radius 1 is 0.974 bits per heavy atom. The van der Waals surface area contributed by atoms with E-state index in [9.17, 15) is 18.0 Å². The maximum Gasteiger partial charge on any atom is 0.264 e. The number of nitrogens with zero attached hydrogens (tertiary/aromatic N) is 2. The lowest BCUT2D eigenvalue weighted by atomic mass is 10.1. The molecule has 38 heavy (non-hydrogen) atoms. The van der Waals surface area contributed by atoms with Crippen LogP contribution in [0.5, 0.6) is 5.75 Å². The first-order valence-corrected chi connectivity index (χ1v) is 14.0. The number of rotatable bonds is 12. The van der Waals surface area contributed by atoms with Gasteiger partial charge in [-0.1, -0.05) is 55.0 Å². The van der Waals surface area contributed by atoms with Gasteiger partial charge in [-0.3, -0.25) is 13.9 Å². The van der Waals surface area contributed by atoms with Crippen LogP contribution in [0.2, 0.25) is 0 Å². The monoisotopic (exact) mass is 537 g/mol. The van der Waals surface area contributed by atoms with Crippen molar-refractivity contribution in [3.8, 4) is 5.75 Å². The predicted octanol–water partition coefficient (Wildman–Crippen LogP) is 4.14. The molecule has 0 spiro atoms. The van der Waals surface area contributed by atoms with Gasteiger partial charge in [-0.2, -0.15) is 0 Å². The molecule has 0 saturated carbocycles. The fraction of sp³-hybridized carbons (Fsp3) is 0.310. The molecule has 0 unspecified atom stereocenters. The van der Waals surface area contributed by atoms with E-state index in [4.69, 9.17) is 4.74 Å². The molecule has 0 aromatic heterocycles. The Balaban J connectivity index is 2.00. The molecule has 3 aromatic rings. The van der Waals surface area contributed by atoms with Gasteiger partial charge in [-0.15, -0.1) is 0 Å². The molecule has 0 aliphatic carbocycles. The molecule has 0 aliphatic heterocycles. The van der Waals surface area contributed by atoms with Gasteiger partial charge in [-0.25, -0.2) is 8.42 Å². The number of nitrogens with one attached hydrogen (secondary N) is 1. The van der Waals surface area contributed by atoms with Crippen LogP contribution in [0.1, 0.15) is 31.4 Å². The molecule has 2 amide bonds. The van der Waals surface area contributed by atoms with Crippen LogP contribution >= 0.6 is 0 Å². The van der Waals surface area contributed by atoms with Crippen molar-refractivity contribution in [1.82, 2.24) is 10.2 Å². The normalized spacial score (nSPS) is 11.9. The highest BCUT2D eigenvalue weighted by Crippen LogP contribution is 2.25. The fourth-order valence-electron chi connectivity index (χ4n) is 3.91. The molecule has 9 heteroatoms. The van der Waals surface area contributed by atoms with E-state index in [1.165, 1.54) is 17.0 Å². The van der Waals surface area contributed by atoms with E-state index in [2.05, 4.69) is 5.32 Å². The van der Waals surface area contributed by atoms with Crippen molar-refractivity contribution in [3.05, 3.63) is 90.0 Å². The van der Waals surface area contributed by atoms with Crippen molar-refractivity contribution in [2.75, 3.05) is 24.5 Å². The number of sulfonamides is 1. The van der Waals surface area contributed by atoms with Gasteiger partial charge in [0.1, 0.15) is 18.3 Å². The molecular formula is C29H35N3O5S. The van der Waals surface area contributed by atoms with Gasteiger partial charge in [0.05, 0.1) is 17.7 Å². The lowest BCUT2D eigenvalue weighted by Crippen LogP contribution is -2.51. The van der Waals surface area contributed by atoms with Crippen molar-refractivity contribution < 1.29 is 22.7 Å². The van der Waals surface area contributed by atoms with Crippen molar-refractivity contribution in [2.24, 2.45) is 0 Å². The summed E-state index contributed by atoms with van der Waals surface area (Å²) in [6.45, 7) is 5.59. The number of carbonyl (C=O) groups excluding carboxylic acids is 2. The summed E-state index contributed by atoms with van der Waals surface area (Å²) in [5, 5.41) is 2.83. The van der Waals surface area contributed by atoms with Crippen molar-refractivity contribution in [3.63, 3.8) is 0 Å². The first-order valence-electron chi connectivity index (χ1n) is 12.5. The summed E-state index contributed by atoms with van der Waals surface area (Å²) < 4.78 is 33.9. The smallest absolute Gasteiger partial charge is 0.264 e. The van der Waals surface area contributed by atoms with Gasteiger partial charge in [0.25, 0.3) is 10.0 Å². The highest BCUT2D eigenvalue weighted by atomic mass is 32.2. The van der Waals surface area contributed by atoms with Crippen LogP contribution in [-0.4, -0.2) is 51.4 Å². The van der Waals surface area contributed by atoms with Gasteiger partial charge in [0.2, 0.25) is 11.8 Å². The van der Waals surface area contributed by atoms with Crippen LogP contribution in [0.25, 0.3) is 0 Å². The Labute approximate surface area is 225 Å². The number of anilines is 1. The Kier molecular flexibility index (Phi) is 9.90. The minimum atomic E-state index is -4.07. The predicted molar refractivity (Wildman–Crippen MR) is 148 cm³/mol. The highest BCUT2D eigenvalue weighted by Gasteiger charge is 2.32. The number of benzene rings is 3. The van der Waals surface area contributed by atoms with Crippen LogP contribution in [0.15, 0.2) is 83.8 Å². The molecule has 3 rings (SSSR count). The Morgan fingerprint density at radius 3 is 2.29 bits per heavy atom. The number of hydrogen-bond donors (Lipinski definition) is 1. The molecule has 8 nitrogen and oxygen atoms in total. The Morgan fingerprint density at radius 2 is 1.66 bits per heavy atom. The maximum atomic E-state index is 13.9. The molecule has 0 radical (unpaired) electrons. The van der Waals surface area contributed by atoms with Crippen molar-refractivity contribution in [1.29, 1.82) is 0 Å². The molecule has 202 valence electrons. The van der Waals surface area contributed by atoms with Crippen molar-refractivity contribution >= 4 is 27.5 Å². The summed E-state index contributed by atoms with van der Waals surface area (Å²) in [7, 11) is -2.52. The summed E-state index contributed by atoms with van der Waals surface area (Å²) in [5.41, 5.74) is 2.07. The third kappa shape index (κ3) is 7.13.